The van der Waals surface area contributed by atoms with E-state index in [2.05, 4.69) is 88.9 Å². The van der Waals surface area contributed by atoms with E-state index in [0.717, 1.165) is 5.69 Å². The van der Waals surface area contributed by atoms with Gasteiger partial charge in [-0.05, 0) is 77.3 Å². The summed E-state index contributed by atoms with van der Waals surface area (Å²) in [7, 11) is -0.725. The molecule has 0 radical (unpaired) electrons. The van der Waals surface area contributed by atoms with Crippen molar-refractivity contribution < 1.29 is 0 Å². The van der Waals surface area contributed by atoms with Gasteiger partial charge in [0, 0.05) is 17.1 Å². The van der Waals surface area contributed by atoms with Gasteiger partial charge in [-0.2, -0.15) is 0 Å². The van der Waals surface area contributed by atoms with Crippen LogP contribution >= 0.6 is 10.0 Å². The molecule has 0 spiro atoms. The van der Waals surface area contributed by atoms with Gasteiger partial charge in [0.25, 0.3) is 0 Å². The van der Waals surface area contributed by atoms with E-state index in [4.69, 9.17) is 4.98 Å². The highest BCUT2D eigenvalue weighted by molar-refractivity contribution is 8.32. The molecule has 25 heavy (non-hydrogen) atoms. The molecule has 0 saturated carbocycles. The van der Waals surface area contributed by atoms with E-state index in [-0.39, 0.29) is 5.41 Å². The third kappa shape index (κ3) is 3.74. The smallest absolute Gasteiger partial charge is 0.0780 e. The van der Waals surface area contributed by atoms with Gasteiger partial charge in [-0.25, -0.2) is 10.0 Å². The second kappa shape index (κ2) is 6.17. The van der Waals surface area contributed by atoms with E-state index in [1.165, 1.54) is 32.4 Å². The van der Waals surface area contributed by atoms with Crippen LogP contribution in [0.1, 0.15) is 31.9 Å². The van der Waals surface area contributed by atoms with Crippen LogP contribution in [0.15, 0.2) is 53.6 Å². The fraction of sp³-hybridized carbons (Fsp3) is 0.348. The molecule has 2 aromatic carbocycles. The maximum absolute atomic E-state index is 4.74. The van der Waals surface area contributed by atoms with Crippen LogP contribution < -0.4 is 0 Å². The zero-order valence-corrected chi connectivity index (χ0v) is 17.3. The molecular weight excluding hydrogens is 322 g/mol. The summed E-state index contributed by atoms with van der Waals surface area (Å²) >= 11 is 0. The first kappa shape index (κ1) is 18.0. The summed E-state index contributed by atoms with van der Waals surface area (Å²) in [5, 5.41) is 2.52. The lowest BCUT2D eigenvalue weighted by Gasteiger charge is -2.26. The Morgan fingerprint density at radius 3 is 2.24 bits per heavy atom. The van der Waals surface area contributed by atoms with E-state index in [9.17, 15) is 0 Å². The standard InChI is InChI=1S/C23H29NS/c1-16-12-18(14-19(13-16)23(2,3)4)22-21-9-8-20(25(5,6)7)15-17(21)10-11-24-22/h8-15H,1-7H3. The molecule has 132 valence electrons. The average Bonchev–Trinajstić information content (AvgIpc) is 2.51. The second-order valence-corrected chi connectivity index (χ2v) is 12.9. The molecule has 0 aliphatic heterocycles. The summed E-state index contributed by atoms with van der Waals surface area (Å²) in [6.07, 6.45) is 8.96. The summed E-state index contributed by atoms with van der Waals surface area (Å²) in [6, 6.07) is 15.9. The molecule has 0 aliphatic rings. The lowest BCUT2D eigenvalue weighted by molar-refractivity contribution is 0.590. The molecule has 3 rings (SSSR count). The maximum atomic E-state index is 4.74. The zero-order valence-electron chi connectivity index (χ0n) is 16.5. The van der Waals surface area contributed by atoms with Crippen LogP contribution in [-0.4, -0.2) is 23.8 Å². The van der Waals surface area contributed by atoms with Gasteiger partial charge in [0.05, 0.1) is 5.69 Å². The monoisotopic (exact) mass is 351 g/mol. The van der Waals surface area contributed by atoms with E-state index >= 15 is 0 Å². The summed E-state index contributed by atoms with van der Waals surface area (Å²) < 4.78 is 0. The number of benzene rings is 2. The van der Waals surface area contributed by atoms with Crippen molar-refractivity contribution in [3.8, 4) is 11.3 Å². The summed E-state index contributed by atoms with van der Waals surface area (Å²) in [5.74, 6) is 0. The van der Waals surface area contributed by atoms with Gasteiger partial charge < -0.3 is 0 Å². The van der Waals surface area contributed by atoms with Crippen molar-refractivity contribution in [2.24, 2.45) is 0 Å². The number of pyridine rings is 1. The first-order valence-electron chi connectivity index (χ1n) is 8.75. The van der Waals surface area contributed by atoms with E-state index in [1.807, 2.05) is 6.20 Å². The molecule has 0 atom stereocenters. The van der Waals surface area contributed by atoms with Crippen molar-refractivity contribution in [2.75, 3.05) is 18.8 Å². The molecular formula is C23H29NS. The Morgan fingerprint density at radius 1 is 0.880 bits per heavy atom. The summed E-state index contributed by atoms with van der Waals surface area (Å²) in [4.78, 5) is 6.18. The fourth-order valence-corrected chi connectivity index (χ4v) is 4.08. The normalized spacial score (nSPS) is 13.2. The van der Waals surface area contributed by atoms with Gasteiger partial charge in [0.1, 0.15) is 0 Å². The summed E-state index contributed by atoms with van der Waals surface area (Å²) in [5.41, 5.74) is 5.08. The number of rotatable bonds is 2. The molecule has 0 aliphatic carbocycles. The van der Waals surface area contributed by atoms with Crippen molar-refractivity contribution in [3.05, 3.63) is 59.8 Å². The van der Waals surface area contributed by atoms with E-state index in [1.54, 1.807) is 0 Å². The molecule has 1 aromatic heterocycles. The third-order valence-electron chi connectivity index (χ3n) is 4.66. The highest BCUT2D eigenvalue weighted by Gasteiger charge is 2.17. The molecule has 0 amide bonds. The van der Waals surface area contributed by atoms with Crippen molar-refractivity contribution in [1.29, 1.82) is 0 Å². The van der Waals surface area contributed by atoms with Gasteiger partial charge >= 0.3 is 0 Å². The van der Waals surface area contributed by atoms with Crippen LogP contribution in [0.25, 0.3) is 22.0 Å². The van der Waals surface area contributed by atoms with Crippen LogP contribution in [0.5, 0.6) is 0 Å². The highest BCUT2D eigenvalue weighted by atomic mass is 32.3. The molecule has 0 N–H and O–H groups in total. The maximum Gasteiger partial charge on any atom is 0.0780 e. The Labute approximate surface area is 153 Å². The Kier molecular flexibility index (Phi) is 4.45. The van der Waals surface area contributed by atoms with Crippen LogP contribution in [-0.2, 0) is 5.41 Å². The minimum Gasteiger partial charge on any atom is -0.256 e. The average molecular weight is 352 g/mol. The van der Waals surface area contributed by atoms with Crippen molar-refractivity contribution >= 4 is 20.8 Å². The topological polar surface area (TPSA) is 12.9 Å². The third-order valence-corrected chi connectivity index (χ3v) is 6.33. The van der Waals surface area contributed by atoms with Gasteiger partial charge in [-0.3, -0.25) is 4.98 Å². The van der Waals surface area contributed by atoms with Crippen LogP contribution in [0.2, 0.25) is 0 Å². The fourth-order valence-electron chi connectivity index (χ4n) is 3.12. The minimum absolute atomic E-state index is 0.133. The second-order valence-electron chi connectivity index (χ2n) is 8.72. The lowest BCUT2D eigenvalue weighted by atomic mass is 9.84. The number of fused-ring (bicyclic) bond motifs is 1. The number of hydrogen-bond acceptors (Lipinski definition) is 1. The van der Waals surface area contributed by atoms with E-state index in [0.29, 0.717) is 0 Å². The molecule has 0 unspecified atom stereocenters. The van der Waals surface area contributed by atoms with Gasteiger partial charge in [-0.1, -0.05) is 38.5 Å². The van der Waals surface area contributed by atoms with Crippen molar-refractivity contribution in [1.82, 2.24) is 4.98 Å². The number of nitrogens with zero attached hydrogens (tertiary/aromatic N) is 1. The minimum atomic E-state index is -0.725. The van der Waals surface area contributed by atoms with Crippen LogP contribution in [0.4, 0.5) is 0 Å². The quantitative estimate of drug-likeness (QED) is 0.509. The van der Waals surface area contributed by atoms with Crippen LogP contribution in [0.3, 0.4) is 0 Å². The first-order chi connectivity index (χ1) is 11.6. The van der Waals surface area contributed by atoms with Gasteiger partial charge in [0.2, 0.25) is 0 Å². The molecule has 2 heteroatoms. The Balaban J connectivity index is 2.22. The SMILES string of the molecule is Cc1cc(-c2nccc3cc(S(C)(C)C)ccc23)cc(C(C)(C)C)c1. The molecule has 1 nitrogen and oxygen atoms in total. The first-order valence-corrected chi connectivity index (χ1v) is 11.6. The van der Waals surface area contributed by atoms with Crippen molar-refractivity contribution in [2.45, 2.75) is 38.0 Å². The molecule has 1 heterocycles. The molecule has 0 bridgehead atoms. The largest absolute Gasteiger partial charge is 0.256 e. The van der Waals surface area contributed by atoms with Gasteiger partial charge in [-0.15, -0.1) is 0 Å². The lowest BCUT2D eigenvalue weighted by Crippen LogP contribution is -2.11. The predicted octanol–water partition coefficient (Wildman–Crippen LogP) is 6.56. The summed E-state index contributed by atoms with van der Waals surface area (Å²) in [6.45, 7) is 8.96. The van der Waals surface area contributed by atoms with Crippen LogP contribution in [0, 0.1) is 6.92 Å². The van der Waals surface area contributed by atoms with Gasteiger partial charge in [0.15, 0.2) is 0 Å². The zero-order chi connectivity index (χ0) is 18.4. The number of hydrogen-bond donors (Lipinski definition) is 0. The Hall–Kier alpha value is -1.80. The van der Waals surface area contributed by atoms with E-state index < -0.39 is 10.0 Å². The number of aromatic nitrogens is 1. The molecule has 0 saturated heterocycles. The molecule has 3 aromatic rings. The Morgan fingerprint density at radius 2 is 1.60 bits per heavy atom. The van der Waals surface area contributed by atoms with Crippen molar-refractivity contribution in [3.63, 3.8) is 0 Å². The Bertz CT molecular complexity index is 927. The predicted molar refractivity (Wildman–Crippen MR) is 114 cm³/mol. The molecule has 0 fully saturated rings. The number of aryl methyl sites for hydroxylation is 1. The highest BCUT2D eigenvalue weighted by Crippen LogP contribution is 2.46.